The second-order valence-corrected chi connectivity index (χ2v) is 4.10. The molecule has 0 aliphatic heterocycles. The third-order valence-electron chi connectivity index (χ3n) is 2.69. The van der Waals surface area contributed by atoms with Crippen LogP contribution in [-0.4, -0.2) is 26.5 Å². The molecule has 2 aromatic heterocycles. The van der Waals surface area contributed by atoms with Crippen LogP contribution in [-0.2, 0) is 11.3 Å². The Balaban J connectivity index is 2.15. The fourth-order valence-electron chi connectivity index (χ4n) is 1.63. The number of hydrogen-bond acceptors (Lipinski definition) is 3. The van der Waals surface area contributed by atoms with Gasteiger partial charge in [-0.25, -0.2) is 4.98 Å². The van der Waals surface area contributed by atoms with Gasteiger partial charge in [-0.2, -0.15) is 0 Å². The highest BCUT2D eigenvalue weighted by Gasteiger charge is 2.10. The second-order valence-electron chi connectivity index (χ2n) is 4.10. The first kappa shape index (κ1) is 11.6. The van der Waals surface area contributed by atoms with E-state index in [1.165, 1.54) is 0 Å². The van der Waals surface area contributed by atoms with Crippen LogP contribution in [0.5, 0.6) is 0 Å². The number of rotatable bonds is 4. The Morgan fingerprint density at radius 3 is 3.06 bits per heavy atom. The van der Waals surface area contributed by atoms with Crippen LogP contribution in [0.25, 0.3) is 5.65 Å². The van der Waals surface area contributed by atoms with Gasteiger partial charge in [0.1, 0.15) is 11.7 Å². The van der Waals surface area contributed by atoms with Gasteiger partial charge in [0.25, 0.3) is 0 Å². The third-order valence-corrected chi connectivity index (χ3v) is 2.69. The van der Waals surface area contributed by atoms with Crippen molar-refractivity contribution < 1.29 is 9.90 Å². The number of carboxylic acids is 1. The zero-order valence-corrected chi connectivity index (χ0v) is 9.84. The summed E-state index contributed by atoms with van der Waals surface area (Å²) in [6.07, 6.45) is 3.84. The highest BCUT2D eigenvalue weighted by atomic mass is 16.4. The molecule has 0 saturated carbocycles. The first-order chi connectivity index (χ1) is 8.08. The Bertz CT molecular complexity index is 548. The number of carboxylic acid groups (broad SMARTS) is 1. The van der Waals surface area contributed by atoms with Gasteiger partial charge in [-0.1, -0.05) is 6.07 Å². The molecule has 5 heteroatoms. The maximum Gasteiger partial charge on any atom is 0.320 e. The molecule has 17 heavy (non-hydrogen) atoms. The molecule has 2 aromatic rings. The minimum Gasteiger partial charge on any atom is -0.480 e. The lowest BCUT2D eigenvalue weighted by molar-refractivity contribution is -0.139. The Morgan fingerprint density at radius 2 is 2.41 bits per heavy atom. The molecular formula is C12H15N3O2. The largest absolute Gasteiger partial charge is 0.480 e. The quantitative estimate of drug-likeness (QED) is 0.833. The van der Waals surface area contributed by atoms with Crippen LogP contribution < -0.4 is 5.32 Å². The highest BCUT2D eigenvalue weighted by Crippen LogP contribution is 2.09. The van der Waals surface area contributed by atoms with Gasteiger partial charge in [0, 0.05) is 18.9 Å². The maximum atomic E-state index is 10.7. The van der Waals surface area contributed by atoms with Crippen LogP contribution in [0.15, 0.2) is 24.5 Å². The van der Waals surface area contributed by atoms with Crippen molar-refractivity contribution in [3.63, 3.8) is 0 Å². The Morgan fingerprint density at radius 1 is 1.65 bits per heavy atom. The molecule has 0 aliphatic carbocycles. The van der Waals surface area contributed by atoms with Crippen LogP contribution >= 0.6 is 0 Å². The number of nitrogens with zero attached hydrogens (tertiary/aromatic N) is 2. The van der Waals surface area contributed by atoms with Crippen LogP contribution in [0, 0.1) is 6.92 Å². The molecule has 2 rings (SSSR count). The van der Waals surface area contributed by atoms with Crippen LogP contribution in [0.2, 0.25) is 0 Å². The lowest BCUT2D eigenvalue weighted by Crippen LogP contribution is -2.33. The van der Waals surface area contributed by atoms with E-state index in [-0.39, 0.29) is 0 Å². The minimum atomic E-state index is -0.857. The van der Waals surface area contributed by atoms with Crippen LogP contribution in [0.4, 0.5) is 0 Å². The summed E-state index contributed by atoms with van der Waals surface area (Å²) in [5.41, 5.74) is 2.85. The summed E-state index contributed by atoms with van der Waals surface area (Å²) in [5, 5.41) is 11.7. The molecule has 2 N–H and O–H groups in total. The molecule has 90 valence electrons. The SMILES string of the molecule is Cc1cccn2cc(CN[C@@H](C)C(=O)O)nc12. The van der Waals surface area contributed by atoms with E-state index < -0.39 is 12.0 Å². The smallest absolute Gasteiger partial charge is 0.320 e. The van der Waals surface area contributed by atoms with Gasteiger partial charge in [0.2, 0.25) is 0 Å². The van der Waals surface area contributed by atoms with E-state index in [0.29, 0.717) is 6.54 Å². The minimum absolute atomic E-state index is 0.453. The maximum absolute atomic E-state index is 10.7. The molecule has 0 fully saturated rings. The molecule has 0 amide bonds. The Kier molecular flexibility index (Phi) is 3.10. The summed E-state index contributed by atoms with van der Waals surface area (Å²) in [4.78, 5) is 15.1. The number of aryl methyl sites for hydroxylation is 1. The van der Waals surface area contributed by atoms with E-state index in [9.17, 15) is 4.79 Å². The molecule has 0 aliphatic rings. The second kappa shape index (κ2) is 4.55. The predicted molar refractivity (Wildman–Crippen MR) is 63.9 cm³/mol. The van der Waals surface area contributed by atoms with Gasteiger partial charge in [-0.3, -0.25) is 10.1 Å². The van der Waals surface area contributed by atoms with Crippen molar-refractivity contribution in [2.24, 2.45) is 0 Å². The van der Waals surface area contributed by atoms with Gasteiger partial charge in [0.15, 0.2) is 0 Å². The summed E-state index contributed by atoms with van der Waals surface area (Å²) >= 11 is 0. The first-order valence-electron chi connectivity index (χ1n) is 5.47. The van der Waals surface area contributed by atoms with Crippen LogP contribution in [0.3, 0.4) is 0 Å². The van der Waals surface area contributed by atoms with Crippen molar-refractivity contribution in [2.75, 3.05) is 0 Å². The standard InChI is InChI=1S/C12H15N3O2/c1-8-4-3-5-15-7-10(14-11(8)15)6-13-9(2)12(16)17/h3-5,7,9,13H,6H2,1-2H3,(H,16,17)/t9-/m0/s1. The number of hydrogen-bond donors (Lipinski definition) is 2. The van der Waals surface area contributed by atoms with Crippen molar-refractivity contribution in [3.8, 4) is 0 Å². The zero-order valence-electron chi connectivity index (χ0n) is 9.84. The van der Waals surface area contributed by atoms with Crippen molar-refractivity contribution in [2.45, 2.75) is 26.4 Å². The average Bonchev–Trinajstić information content (AvgIpc) is 2.70. The molecule has 0 bridgehead atoms. The average molecular weight is 233 g/mol. The van der Waals surface area contributed by atoms with Crippen LogP contribution in [0.1, 0.15) is 18.2 Å². The number of aromatic nitrogens is 2. The first-order valence-corrected chi connectivity index (χ1v) is 5.47. The molecule has 0 aromatic carbocycles. The normalized spacial score (nSPS) is 12.8. The van der Waals surface area contributed by atoms with Gasteiger partial charge in [0.05, 0.1) is 5.69 Å². The summed E-state index contributed by atoms with van der Waals surface area (Å²) in [7, 11) is 0. The van der Waals surface area contributed by atoms with E-state index >= 15 is 0 Å². The fraction of sp³-hybridized carbons (Fsp3) is 0.333. The van der Waals surface area contributed by atoms with Gasteiger partial charge in [-0.15, -0.1) is 0 Å². The molecule has 0 unspecified atom stereocenters. The molecule has 0 saturated heterocycles. The lowest BCUT2D eigenvalue weighted by Gasteiger charge is -2.06. The Hall–Kier alpha value is -1.88. The molecule has 1 atom stereocenters. The molecule has 2 heterocycles. The molecular weight excluding hydrogens is 218 g/mol. The summed E-state index contributed by atoms with van der Waals surface area (Å²) in [5.74, 6) is -0.857. The number of pyridine rings is 1. The zero-order chi connectivity index (χ0) is 12.4. The topological polar surface area (TPSA) is 66.6 Å². The van der Waals surface area contributed by atoms with E-state index in [0.717, 1.165) is 16.9 Å². The van der Waals surface area contributed by atoms with E-state index in [4.69, 9.17) is 5.11 Å². The monoisotopic (exact) mass is 233 g/mol. The van der Waals surface area contributed by atoms with Crippen molar-refractivity contribution in [1.82, 2.24) is 14.7 Å². The number of fused-ring (bicyclic) bond motifs is 1. The number of imidazole rings is 1. The highest BCUT2D eigenvalue weighted by molar-refractivity contribution is 5.72. The molecule has 0 radical (unpaired) electrons. The summed E-state index contributed by atoms with van der Waals surface area (Å²) in [6, 6.07) is 3.39. The summed E-state index contributed by atoms with van der Waals surface area (Å²) in [6.45, 7) is 4.07. The van der Waals surface area contributed by atoms with Crippen molar-refractivity contribution in [3.05, 3.63) is 35.8 Å². The van der Waals surface area contributed by atoms with Crippen molar-refractivity contribution >= 4 is 11.6 Å². The number of carbonyl (C=O) groups is 1. The van der Waals surface area contributed by atoms with Gasteiger partial charge >= 0.3 is 5.97 Å². The van der Waals surface area contributed by atoms with E-state index in [1.807, 2.05) is 35.9 Å². The molecule has 0 spiro atoms. The third kappa shape index (κ3) is 2.45. The fourth-order valence-corrected chi connectivity index (χ4v) is 1.63. The Labute approximate surface area is 99.1 Å². The summed E-state index contributed by atoms with van der Waals surface area (Å²) < 4.78 is 1.94. The number of nitrogens with one attached hydrogen (secondary N) is 1. The number of aliphatic carboxylic acids is 1. The lowest BCUT2D eigenvalue weighted by atomic mass is 10.3. The van der Waals surface area contributed by atoms with Gasteiger partial charge < -0.3 is 9.51 Å². The van der Waals surface area contributed by atoms with E-state index in [2.05, 4.69) is 10.3 Å². The van der Waals surface area contributed by atoms with Crippen molar-refractivity contribution in [1.29, 1.82) is 0 Å². The molecule has 5 nitrogen and oxygen atoms in total. The van der Waals surface area contributed by atoms with Gasteiger partial charge in [-0.05, 0) is 25.5 Å². The van der Waals surface area contributed by atoms with E-state index in [1.54, 1.807) is 6.92 Å². The predicted octanol–water partition coefficient (Wildman–Crippen LogP) is 1.21.